The second-order valence-electron chi connectivity index (χ2n) is 12.2. The van der Waals surface area contributed by atoms with Gasteiger partial charge in [0, 0.05) is 49.7 Å². The van der Waals surface area contributed by atoms with Crippen LogP contribution in [0.25, 0.3) is 22.0 Å². The Morgan fingerprint density at radius 2 is 1.56 bits per heavy atom. The number of aromatic amines is 1. The molecule has 4 aromatic carbocycles. The zero-order valence-corrected chi connectivity index (χ0v) is 27.7. The molecule has 50 heavy (non-hydrogen) atoms. The number of aromatic hydroxyl groups is 1. The van der Waals surface area contributed by atoms with Crippen LogP contribution in [0.5, 0.6) is 17.2 Å². The number of phenols is 1. The number of piperidine rings is 1. The van der Waals surface area contributed by atoms with E-state index in [2.05, 4.69) is 20.5 Å². The summed E-state index contributed by atoms with van der Waals surface area (Å²) in [4.78, 5) is 29.3. The maximum absolute atomic E-state index is 12.7. The average Bonchev–Trinajstić information content (AvgIpc) is 3.13. The predicted octanol–water partition coefficient (Wildman–Crippen LogP) is 5.69. The van der Waals surface area contributed by atoms with Crippen LogP contribution in [-0.4, -0.2) is 78.2 Å². The molecule has 1 aliphatic heterocycles. The number of para-hydroxylation sites is 1. The molecule has 1 saturated heterocycles. The number of phenolic OH excluding ortho intramolecular Hbond substituents is 1. The Morgan fingerprint density at radius 1 is 0.860 bits per heavy atom. The third-order valence-corrected chi connectivity index (χ3v) is 8.71. The summed E-state index contributed by atoms with van der Waals surface area (Å²) in [5.41, 5.74) is 3.30. The summed E-state index contributed by atoms with van der Waals surface area (Å²) < 4.78 is 17.5. The minimum Gasteiger partial charge on any atom is -0.506 e. The molecular weight excluding hydrogens is 636 g/mol. The van der Waals surface area contributed by atoms with Crippen molar-refractivity contribution in [2.45, 2.75) is 25.0 Å². The van der Waals surface area contributed by atoms with E-state index in [9.17, 15) is 19.8 Å². The number of fused-ring (bicyclic) bond motifs is 1. The van der Waals surface area contributed by atoms with Crippen LogP contribution in [0.1, 0.15) is 24.5 Å². The van der Waals surface area contributed by atoms with Crippen molar-refractivity contribution in [3.8, 4) is 28.4 Å². The first-order valence-corrected chi connectivity index (χ1v) is 16.9. The third kappa shape index (κ3) is 9.20. The van der Waals surface area contributed by atoms with E-state index in [1.165, 1.54) is 12.1 Å². The number of amides is 1. The fourth-order valence-corrected chi connectivity index (χ4v) is 6.07. The number of aliphatic hydroxyl groups is 1. The van der Waals surface area contributed by atoms with Crippen molar-refractivity contribution in [2.24, 2.45) is 0 Å². The number of anilines is 1. The topological polar surface area (TPSA) is 145 Å². The normalized spacial score (nSPS) is 14.3. The lowest BCUT2D eigenvalue weighted by Crippen LogP contribution is -2.40. The molecule has 0 unspecified atom stereocenters. The molecule has 5 aromatic rings. The van der Waals surface area contributed by atoms with Crippen LogP contribution in [0, 0.1) is 0 Å². The summed E-state index contributed by atoms with van der Waals surface area (Å²) in [5.74, 6) is 1.42. The summed E-state index contributed by atoms with van der Waals surface area (Å²) in [5, 5.41) is 27.4. The third-order valence-electron chi connectivity index (χ3n) is 8.71. The number of H-pyrrole nitrogens is 1. The van der Waals surface area contributed by atoms with E-state index in [0.29, 0.717) is 42.0 Å². The number of nitrogens with zero attached hydrogens (tertiary/aromatic N) is 1. The number of rotatable bonds is 14. The van der Waals surface area contributed by atoms with Gasteiger partial charge in [0.05, 0.1) is 17.3 Å². The van der Waals surface area contributed by atoms with Gasteiger partial charge in [-0.25, -0.2) is 4.79 Å². The molecule has 6 rings (SSSR count). The van der Waals surface area contributed by atoms with Crippen LogP contribution in [0.4, 0.5) is 10.5 Å². The number of nitrogens with one attached hydrogen (secondary N) is 3. The fourth-order valence-electron chi connectivity index (χ4n) is 6.07. The fraction of sp³-hybridized carbons (Fsp3) is 0.282. The first kappa shape index (κ1) is 34.5. The second-order valence-corrected chi connectivity index (χ2v) is 12.2. The van der Waals surface area contributed by atoms with Gasteiger partial charge in [0.25, 0.3) is 0 Å². The number of aliphatic hydroxyl groups excluding tert-OH is 1. The minimum atomic E-state index is -0.833. The molecule has 1 aromatic heterocycles. The maximum atomic E-state index is 12.7. The van der Waals surface area contributed by atoms with Crippen molar-refractivity contribution >= 4 is 22.7 Å². The molecule has 1 fully saturated rings. The highest BCUT2D eigenvalue weighted by Gasteiger charge is 2.23. The number of ether oxygens (including phenoxy) is 3. The number of likely N-dealkylation sites (tertiary alicyclic amines) is 1. The van der Waals surface area contributed by atoms with E-state index >= 15 is 0 Å². The van der Waals surface area contributed by atoms with Gasteiger partial charge in [-0.05, 0) is 66.4 Å². The van der Waals surface area contributed by atoms with Crippen LogP contribution in [0.15, 0.2) is 108 Å². The highest BCUT2D eigenvalue weighted by atomic mass is 16.6. The lowest BCUT2D eigenvalue weighted by atomic mass is 10.0. The Labute approximate surface area is 290 Å². The largest absolute Gasteiger partial charge is 0.506 e. The highest BCUT2D eigenvalue weighted by Crippen LogP contribution is 2.29. The molecule has 1 amide bonds. The Hall–Kier alpha value is -5.36. The van der Waals surface area contributed by atoms with Gasteiger partial charge in [0.1, 0.15) is 36.6 Å². The van der Waals surface area contributed by atoms with Crippen molar-refractivity contribution in [1.82, 2.24) is 15.2 Å². The van der Waals surface area contributed by atoms with Gasteiger partial charge in [0.15, 0.2) is 0 Å². The monoisotopic (exact) mass is 678 g/mol. The number of hydrogen-bond acceptors (Lipinski definition) is 9. The van der Waals surface area contributed by atoms with E-state index in [1.807, 2.05) is 78.9 Å². The van der Waals surface area contributed by atoms with Crippen LogP contribution >= 0.6 is 0 Å². The Balaban J connectivity index is 0.848. The smallest absolute Gasteiger partial charge is 0.411 e. The van der Waals surface area contributed by atoms with Gasteiger partial charge in [-0.3, -0.25) is 15.0 Å². The Bertz CT molecular complexity index is 1910. The second kappa shape index (κ2) is 16.8. The molecule has 0 spiro atoms. The molecule has 0 saturated carbocycles. The zero-order valence-electron chi connectivity index (χ0n) is 27.7. The van der Waals surface area contributed by atoms with Gasteiger partial charge in [-0.1, -0.05) is 54.6 Å². The van der Waals surface area contributed by atoms with E-state index in [1.54, 1.807) is 12.1 Å². The molecule has 11 heteroatoms. The summed E-state index contributed by atoms with van der Waals surface area (Å²) in [6.07, 6.45) is 0.141. The van der Waals surface area contributed by atoms with Crippen molar-refractivity contribution < 1.29 is 29.2 Å². The zero-order chi connectivity index (χ0) is 34.7. The SMILES string of the molecule is O=C(Nc1ccccc1-c1ccccc1)OC1CCN(CCOc2ccc(OCCNC[C@H](O)c3ccc(O)c4[nH]c(=O)ccc34)cc2)CC1. The van der Waals surface area contributed by atoms with Crippen LogP contribution in [0.2, 0.25) is 0 Å². The molecule has 2 heterocycles. The maximum Gasteiger partial charge on any atom is 0.411 e. The molecule has 260 valence electrons. The summed E-state index contributed by atoms with van der Waals surface area (Å²) >= 11 is 0. The lowest BCUT2D eigenvalue weighted by Gasteiger charge is -2.31. The number of carbonyl (C=O) groups excluding carboxylic acids is 1. The summed E-state index contributed by atoms with van der Waals surface area (Å²) in [6, 6.07) is 31.2. The summed E-state index contributed by atoms with van der Waals surface area (Å²) in [6.45, 7) is 4.16. The van der Waals surface area contributed by atoms with Crippen molar-refractivity contribution in [3.63, 3.8) is 0 Å². The molecule has 1 atom stereocenters. The van der Waals surface area contributed by atoms with E-state index in [0.717, 1.165) is 55.0 Å². The molecule has 0 radical (unpaired) electrons. The van der Waals surface area contributed by atoms with Crippen LogP contribution in [0.3, 0.4) is 0 Å². The minimum absolute atomic E-state index is 0.0426. The molecule has 5 N–H and O–H groups in total. The Morgan fingerprint density at radius 3 is 2.32 bits per heavy atom. The standard InChI is InChI=1S/C39H42N4O7/c44-35-16-14-32(33-15-17-37(46)42-38(33)35)36(45)26-40-20-24-48-28-10-12-29(13-11-28)49-25-23-43-21-18-30(19-22-43)50-39(47)41-34-9-5-4-8-31(34)27-6-2-1-3-7-27/h1-17,30,36,40,44-45H,18-26H2,(H,41,47)(H,42,46)/t36-/m0/s1. The number of carbonyl (C=O) groups is 1. The molecule has 0 bridgehead atoms. The van der Waals surface area contributed by atoms with Gasteiger partial charge < -0.3 is 34.7 Å². The van der Waals surface area contributed by atoms with Crippen molar-refractivity contribution in [1.29, 1.82) is 0 Å². The molecule has 1 aliphatic rings. The number of benzene rings is 4. The molecule has 11 nitrogen and oxygen atoms in total. The van der Waals surface area contributed by atoms with E-state index in [-0.39, 0.29) is 24.0 Å². The quantitative estimate of drug-likeness (QED) is 0.0935. The van der Waals surface area contributed by atoms with Gasteiger partial charge in [0.2, 0.25) is 5.56 Å². The number of pyridine rings is 1. The van der Waals surface area contributed by atoms with Crippen LogP contribution in [-0.2, 0) is 4.74 Å². The van der Waals surface area contributed by atoms with Gasteiger partial charge in [-0.2, -0.15) is 0 Å². The van der Waals surface area contributed by atoms with Gasteiger partial charge in [-0.15, -0.1) is 0 Å². The Kier molecular flexibility index (Phi) is 11.6. The van der Waals surface area contributed by atoms with Crippen LogP contribution < -0.4 is 25.7 Å². The number of aromatic nitrogens is 1. The number of hydrogen-bond donors (Lipinski definition) is 5. The summed E-state index contributed by atoms with van der Waals surface area (Å²) in [7, 11) is 0. The predicted molar refractivity (Wildman–Crippen MR) is 193 cm³/mol. The van der Waals surface area contributed by atoms with E-state index < -0.39 is 12.2 Å². The molecular formula is C39H42N4O7. The van der Waals surface area contributed by atoms with Crippen molar-refractivity contribution in [2.75, 3.05) is 51.3 Å². The first-order valence-electron chi connectivity index (χ1n) is 16.9. The molecule has 0 aliphatic carbocycles. The first-order chi connectivity index (χ1) is 24.4. The lowest BCUT2D eigenvalue weighted by molar-refractivity contribution is 0.0548. The van der Waals surface area contributed by atoms with Gasteiger partial charge >= 0.3 is 6.09 Å². The van der Waals surface area contributed by atoms with Crippen molar-refractivity contribution in [3.05, 3.63) is 119 Å². The highest BCUT2D eigenvalue weighted by molar-refractivity contribution is 5.91. The average molecular weight is 679 g/mol. The van der Waals surface area contributed by atoms with E-state index in [4.69, 9.17) is 14.2 Å².